The third-order valence-electron chi connectivity index (χ3n) is 2.19. The topological polar surface area (TPSA) is 0 Å². The van der Waals surface area contributed by atoms with E-state index in [4.69, 9.17) is 12.2 Å². The van der Waals surface area contributed by atoms with Crippen LogP contribution in [0.1, 0.15) is 0 Å². The maximum atomic E-state index is 5.73. The van der Waals surface area contributed by atoms with Gasteiger partial charge in [0.15, 0.2) is 0 Å². The average Bonchev–Trinajstić information content (AvgIpc) is 2.39. The summed E-state index contributed by atoms with van der Waals surface area (Å²) in [7, 11) is 8.50. The van der Waals surface area contributed by atoms with Crippen LogP contribution < -0.4 is 10.6 Å². The van der Waals surface area contributed by atoms with E-state index in [0.29, 0.717) is 0 Å². The van der Waals surface area contributed by atoms with Crippen LogP contribution >= 0.6 is 4.71 Å². The first kappa shape index (κ1) is 17.8. The molecule has 0 radical (unpaired) electrons. The Labute approximate surface area is 136 Å². The second-order valence-electron chi connectivity index (χ2n) is 5.91. The van der Waals surface area contributed by atoms with E-state index in [2.05, 4.69) is 67.6 Å². The molecule has 0 spiro atoms. The van der Waals surface area contributed by atoms with Crippen molar-refractivity contribution in [2.75, 3.05) is 28.2 Å². The Kier molecular flexibility index (Phi) is 6.78. The molecule has 0 aliphatic rings. The van der Waals surface area contributed by atoms with Crippen LogP contribution in [0.25, 0.3) is 0 Å². The Balaban J connectivity index is 0.000000347. The predicted molar refractivity (Wildman–Crippen MR) is 96.1 cm³/mol. The molecular formula is C16H22NPSSe. The molecule has 4 heteroatoms. The number of hydrogen-bond donors (Lipinski definition) is 0. The fraction of sp³-hybridized carbons (Fsp3) is 0.250. The normalized spacial score (nSPS) is 11.4. The zero-order chi connectivity index (χ0) is 15.2. The molecule has 0 atom stereocenters. The van der Waals surface area contributed by atoms with Gasteiger partial charge < -0.3 is 4.48 Å². The van der Waals surface area contributed by atoms with Gasteiger partial charge in [0.2, 0.25) is 0 Å². The third-order valence-corrected chi connectivity index (χ3v) is 8.07. The summed E-state index contributed by atoms with van der Waals surface area (Å²) >= 11 is 8.94. The molecule has 2 rings (SSSR count). The van der Waals surface area contributed by atoms with E-state index in [1.54, 1.807) is 0 Å². The Morgan fingerprint density at radius 2 is 1.00 bits per heavy atom. The summed E-state index contributed by atoms with van der Waals surface area (Å²) in [4.78, 5) is 0. The zero-order valence-corrected chi connectivity index (χ0v) is 15.9. The number of rotatable bonds is 2. The van der Waals surface area contributed by atoms with Gasteiger partial charge in [-0.25, -0.2) is 0 Å². The molecule has 0 saturated carbocycles. The van der Waals surface area contributed by atoms with Crippen LogP contribution in [0.3, 0.4) is 0 Å². The van der Waals surface area contributed by atoms with E-state index in [-0.39, 0.29) is 0 Å². The third kappa shape index (κ3) is 6.43. The maximum absolute atomic E-state index is 5.73. The van der Waals surface area contributed by atoms with Gasteiger partial charge in [0.05, 0.1) is 28.2 Å². The van der Waals surface area contributed by atoms with Crippen LogP contribution in [0.2, 0.25) is 0 Å². The molecular weight excluding hydrogens is 348 g/mol. The van der Waals surface area contributed by atoms with Crippen molar-refractivity contribution in [3.8, 4) is 0 Å². The number of hydrogen-bond acceptors (Lipinski definition) is 1. The Morgan fingerprint density at radius 1 is 0.750 bits per heavy atom. The van der Waals surface area contributed by atoms with Crippen molar-refractivity contribution in [1.82, 2.24) is 0 Å². The first-order valence-electron chi connectivity index (χ1n) is 6.42. The molecule has 0 unspecified atom stereocenters. The zero-order valence-electron chi connectivity index (χ0n) is 12.5. The molecule has 0 aromatic heterocycles. The van der Waals surface area contributed by atoms with Gasteiger partial charge >= 0.3 is 103 Å². The van der Waals surface area contributed by atoms with E-state index in [1.807, 2.05) is 36.4 Å². The summed E-state index contributed by atoms with van der Waals surface area (Å²) in [5, 5.41) is 2.46. The fourth-order valence-electron chi connectivity index (χ4n) is 1.40. The molecule has 0 N–H and O–H groups in total. The molecule has 20 heavy (non-hydrogen) atoms. The van der Waals surface area contributed by atoms with Crippen LogP contribution in [-0.2, 0) is 12.2 Å². The van der Waals surface area contributed by atoms with Gasteiger partial charge in [-0.05, 0) is 0 Å². The second-order valence-corrected chi connectivity index (χ2v) is 14.7. The molecule has 0 heterocycles. The van der Waals surface area contributed by atoms with Crippen molar-refractivity contribution < 1.29 is 4.48 Å². The van der Waals surface area contributed by atoms with E-state index >= 15 is 0 Å². The first-order chi connectivity index (χ1) is 9.21. The molecule has 2 aromatic rings. The summed E-state index contributed by atoms with van der Waals surface area (Å²) in [5.74, 6) is 0. The van der Waals surface area contributed by atoms with Crippen molar-refractivity contribution in [3.05, 3.63) is 60.7 Å². The van der Waals surface area contributed by atoms with Crippen molar-refractivity contribution in [3.63, 3.8) is 0 Å². The van der Waals surface area contributed by atoms with Gasteiger partial charge in [-0.2, -0.15) is 0 Å². The number of nitrogens with zero attached hydrogens (tertiary/aromatic N) is 1. The van der Waals surface area contributed by atoms with E-state index in [9.17, 15) is 0 Å². The molecule has 0 aliphatic carbocycles. The Morgan fingerprint density at radius 3 is 1.25 bits per heavy atom. The van der Waals surface area contributed by atoms with E-state index in [0.717, 1.165) is 4.48 Å². The predicted octanol–water partition coefficient (Wildman–Crippen LogP) is 2.52. The molecule has 0 bridgehead atoms. The van der Waals surface area contributed by atoms with Crippen molar-refractivity contribution in [1.29, 1.82) is 0 Å². The van der Waals surface area contributed by atoms with Gasteiger partial charge in [-0.3, -0.25) is 0 Å². The van der Waals surface area contributed by atoms with Crippen molar-refractivity contribution in [2.45, 2.75) is 0 Å². The SMILES string of the molecule is C[N+](C)(C)C.[S-]P(=[Se])(c1ccccc1)c1ccccc1. The van der Waals surface area contributed by atoms with E-state index in [1.165, 1.54) is 10.6 Å². The monoisotopic (exact) mass is 371 g/mol. The van der Waals surface area contributed by atoms with Crippen LogP contribution in [0.5, 0.6) is 0 Å². The average molecular weight is 370 g/mol. The minimum atomic E-state index is -1.69. The quantitative estimate of drug-likeness (QED) is 0.339. The fourth-order valence-corrected chi connectivity index (χ4v) is 5.09. The summed E-state index contributed by atoms with van der Waals surface area (Å²) in [5.41, 5.74) is 0. The van der Waals surface area contributed by atoms with Gasteiger partial charge in [0.1, 0.15) is 0 Å². The standard InChI is InChI=1S/C12H11PSSe.C4H12N/c14-13(15,11-7-3-1-4-8-11)12-9-5-2-6-10-12;1-5(2,3)4/h1-10H,(H,14,15);1-4H3/q;+1/p-1. The van der Waals surface area contributed by atoms with Gasteiger partial charge in [-0.15, -0.1) is 0 Å². The molecule has 0 saturated heterocycles. The van der Waals surface area contributed by atoms with Crippen molar-refractivity contribution in [2.24, 2.45) is 0 Å². The Bertz CT molecular complexity index is 515. The number of quaternary nitrogens is 1. The molecule has 108 valence electrons. The minimum absolute atomic E-state index is 1.00. The van der Waals surface area contributed by atoms with Crippen LogP contribution in [0.4, 0.5) is 0 Å². The van der Waals surface area contributed by atoms with Gasteiger partial charge in [-0.1, -0.05) is 0 Å². The summed E-state index contributed by atoms with van der Waals surface area (Å²) in [6.45, 7) is 0. The van der Waals surface area contributed by atoms with Crippen LogP contribution in [-0.4, -0.2) is 47.8 Å². The molecule has 2 aromatic carbocycles. The van der Waals surface area contributed by atoms with Gasteiger partial charge in [0.25, 0.3) is 0 Å². The summed E-state index contributed by atoms with van der Waals surface area (Å²) in [6.07, 6.45) is 0. The van der Waals surface area contributed by atoms with E-state index < -0.39 is 4.71 Å². The molecule has 0 amide bonds. The molecule has 0 aliphatic heterocycles. The molecule has 0 fully saturated rings. The summed E-state index contributed by atoms with van der Waals surface area (Å²) < 4.78 is -0.689. The van der Waals surface area contributed by atoms with Crippen LogP contribution in [0.15, 0.2) is 60.7 Å². The molecule has 1 nitrogen and oxygen atoms in total. The van der Waals surface area contributed by atoms with Crippen molar-refractivity contribution >= 4 is 42.7 Å². The first-order valence-corrected chi connectivity index (χ1v) is 11.4. The Hall–Kier alpha value is -0.301. The van der Waals surface area contributed by atoms with Crippen LogP contribution in [0, 0.1) is 0 Å². The summed E-state index contributed by atoms with van der Waals surface area (Å²) in [6, 6.07) is 20.6. The second kappa shape index (κ2) is 7.63. The van der Waals surface area contributed by atoms with Gasteiger partial charge in [0, 0.05) is 0 Å². The number of benzene rings is 2.